The van der Waals surface area contributed by atoms with Gasteiger partial charge in [-0.05, 0) is 18.1 Å². The summed E-state index contributed by atoms with van der Waals surface area (Å²) >= 11 is 23.0. The molecule has 3 nitrogen and oxygen atoms in total. The highest BCUT2D eigenvalue weighted by atomic mass is 35.5. The van der Waals surface area contributed by atoms with Crippen LogP contribution in [0.5, 0.6) is 0 Å². The molecule has 1 N–H and O–H groups in total. The number of halogens is 4. The molecular weight excluding hydrogens is 340 g/mol. The van der Waals surface area contributed by atoms with Crippen LogP contribution in [-0.4, -0.2) is 20.1 Å². The first-order chi connectivity index (χ1) is 8.25. The molecule has 0 radical (unpaired) electrons. The number of rotatable bonds is 5. The van der Waals surface area contributed by atoms with Crippen LogP contribution in [0, 0.1) is 5.92 Å². The van der Waals surface area contributed by atoms with E-state index in [1.165, 1.54) is 12.1 Å². The maximum Gasteiger partial charge on any atom is 0.233 e. The van der Waals surface area contributed by atoms with Crippen molar-refractivity contribution in [2.45, 2.75) is 6.92 Å². The van der Waals surface area contributed by atoms with E-state index in [1.54, 1.807) is 6.92 Å². The molecule has 1 rings (SSSR count). The van der Waals surface area contributed by atoms with E-state index in [9.17, 15) is 8.42 Å². The Labute approximate surface area is 126 Å². The molecule has 0 spiro atoms. The lowest BCUT2D eigenvalue weighted by molar-refractivity contribution is 0.588. The molecular formula is C10H11Cl4NO2S. The average Bonchev–Trinajstić information content (AvgIpc) is 2.24. The summed E-state index contributed by atoms with van der Waals surface area (Å²) in [5.74, 6) is 0.00836. The summed E-state index contributed by atoms with van der Waals surface area (Å²) in [7, 11) is -3.52. The molecule has 1 aromatic carbocycles. The van der Waals surface area contributed by atoms with Gasteiger partial charge in [0.1, 0.15) is 0 Å². The zero-order valence-electron chi connectivity index (χ0n) is 9.38. The Kier molecular flexibility index (Phi) is 5.87. The van der Waals surface area contributed by atoms with Gasteiger partial charge in [0, 0.05) is 5.88 Å². The highest BCUT2D eigenvalue weighted by molar-refractivity contribution is 7.92. The second kappa shape index (κ2) is 6.53. The van der Waals surface area contributed by atoms with Crippen molar-refractivity contribution >= 4 is 62.1 Å². The number of benzene rings is 1. The van der Waals surface area contributed by atoms with Gasteiger partial charge in [-0.1, -0.05) is 41.7 Å². The Morgan fingerprint density at radius 1 is 1.17 bits per heavy atom. The lowest BCUT2D eigenvalue weighted by Crippen LogP contribution is -2.22. The zero-order chi connectivity index (χ0) is 13.9. The lowest BCUT2D eigenvalue weighted by Gasteiger charge is -2.13. The van der Waals surface area contributed by atoms with Crippen LogP contribution >= 0.6 is 46.4 Å². The van der Waals surface area contributed by atoms with Crippen LogP contribution in [0.1, 0.15) is 6.92 Å². The maximum atomic E-state index is 11.8. The Morgan fingerprint density at radius 3 is 2.28 bits per heavy atom. The van der Waals surface area contributed by atoms with Gasteiger partial charge in [-0.25, -0.2) is 8.42 Å². The molecule has 0 saturated carbocycles. The Hall–Kier alpha value is 0.130. The molecule has 102 valence electrons. The molecule has 0 aliphatic heterocycles. The first-order valence-electron chi connectivity index (χ1n) is 4.96. The van der Waals surface area contributed by atoms with E-state index >= 15 is 0 Å². The molecule has 0 aliphatic rings. The molecule has 1 aromatic rings. The van der Waals surface area contributed by atoms with Crippen molar-refractivity contribution in [2.75, 3.05) is 16.4 Å². The fourth-order valence-electron chi connectivity index (χ4n) is 1.23. The minimum Gasteiger partial charge on any atom is -0.282 e. The van der Waals surface area contributed by atoms with Crippen molar-refractivity contribution in [3.8, 4) is 0 Å². The summed E-state index contributed by atoms with van der Waals surface area (Å²) in [6.07, 6.45) is 0. The van der Waals surface area contributed by atoms with Crippen LogP contribution in [0.4, 0.5) is 5.69 Å². The molecule has 0 bridgehead atoms. The average molecular weight is 351 g/mol. The summed E-state index contributed by atoms with van der Waals surface area (Å²) in [6.45, 7) is 1.74. The predicted molar refractivity (Wildman–Crippen MR) is 78.8 cm³/mol. The van der Waals surface area contributed by atoms with E-state index in [0.717, 1.165) is 0 Å². The van der Waals surface area contributed by atoms with Gasteiger partial charge in [0.25, 0.3) is 0 Å². The summed E-state index contributed by atoms with van der Waals surface area (Å²) in [6, 6.07) is 2.75. The Balaban J connectivity index is 2.94. The van der Waals surface area contributed by atoms with E-state index in [0.29, 0.717) is 0 Å². The molecule has 8 heteroatoms. The topological polar surface area (TPSA) is 46.2 Å². The van der Waals surface area contributed by atoms with E-state index in [-0.39, 0.29) is 38.3 Å². The molecule has 1 atom stereocenters. The lowest BCUT2D eigenvalue weighted by atomic mass is 10.3. The van der Waals surface area contributed by atoms with Gasteiger partial charge in [0.05, 0.1) is 26.5 Å². The molecule has 0 aliphatic carbocycles. The third kappa shape index (κ3) is 4.67. The fourth-order valence-corrected chi connectivity index (χ4v) is 3.57. The van der Waals surface area contributed by atoms with Crippen molar-refractivity contribution in [1.82, 2.24) is 0 Å². The quantitative estimate of drug-likeness (QED) is 0.636. The zero-order valence-corrected chi connectivity index (χ0v) is 13.2. The van der Waals surface area contributed by atoms with Crippen LogP contribution in [0.2, 0.25) is 15.1 Å². The highest BCUT2D eigenvalue weighted by Crippen LogP contribution is 2.32. The Bertz CT molecular complexity index is 533. The SMILES string of the molecule is CC(CCl)CS(=O)(=O)Nc1cc(Cl)c(Cl)cc1Cl. The van der Waals surface area contributed by atoms with Gasteiger partial charge < -0.3 is 0 Å². The molecule has 0 heterocycles. The molecule has 1 unspecified atom stereocenters. The predicted octanol–water partition coefficient (Wildman–Crippen LogP) is 4.26. The summed E-state index contributed by atoms with van der Waals surface area (Å²) in [5, 5.41) is 0.675. The third-order valence-electron chi connectivity index (χ3n) is 2.04. The van der Waals surface area contributed by atoms with Crippen LogP contribution in [0.25, 0.3) is 0 Å². The molecule has 0 aromatic heterocycles. The van der Waals surface area contributed by atoms with Gasteiger partial charge in [-0.3, -0.25) is 4.72 Å². The second-order valence-corrected chi connectivity index (χ2v) is 7.19. The van der Waals surface area contributed by atoms with Crippen molar-refractivity contribution in [1.29, 1.82) is 0 Å². The van der Waals surface area contributed by atoms with Gasteiger partial charge in [0.15, 0.2) is 0 Å². The van der Waals surface area contributed by atoms with Crippen molar-refractivity contribution in [3.05, 3.63) is 27.2 Å². The van der Waals surface area contributed by atoms with Crippen molar-refractivity contribution in [2.24, 2.45) is 5.92 Å². The van der Waals surface area contributed by atoms with Crippen LogP contribution < -0.4 is 4.72 Å². The summed E-state index contributed by atoms with van der Waals surface area (Å²) in [4.78, 5) is 0. The van der Waals surface area contributed by atoms with Crippen LogP contribution in [0.15, 0.2) is 12.1 Å². The second-order valence-electron chi connectivity index (χ2n) is 3.89. The first-order valence-corrected chi connectivity index (χ1v) is 8.28. The fraction of sp³-hybridized carbons (Fsp3) is 0.400. The molecule has 18 heavy (non-hydrogen) atoms. The van der Waals surface area contributed by atoms with Gasteiger partial charge >= 0.3 is 0 Å². The smallest absolute Gasteiger partial charge is 0.233 e. The summed E-state index contributed by atoms with van der Waals surface area (Å²) in [5.41, 5.74) is 0.202. The number of anilines is 1. The van der Waals surface area contributed by atoms with E-state index in [1.807, 2.05) is 0 Å². The van der Waals surface area contributed by atoms with Crippen LogP contribution in [0.3, 0.4) is 0 Å². The molecule has 0 fully saturated rings. The first kappa shape index (κ1) is 16.2. The normalized spacial score (nSPS) is 13.4. The number of alkyl halides is 1. The monoisotopic (exact) mass is 349 g/mol. The van der Waals surface area contributed by atoms with Crippen molar-refractivity contribution in [3.63, 3.8) is 0 Å². The van der Waals surface area contributed by atoms with E-state index in [4.69, 9.17) is 46.4 Å². The van der Waals surface area contributed by atoms with Gasteiger partial charge in [-0.15, -0.1) is 11.6 Å². The standard InChI is InChI=1S/C10H11Cl4NO2S/c1-6(4-11)5-18(16,17)15-10-3-8(13)7(12)2-9(10)14/h2-3,6,15H,4-5H2,1H3. The third-order valence-corrected chi connectivity index (χ3v) is 5.14. The van der Waals surface area contributed by atoms with Crippen molar-refractivity contribution < 1.29 is 8.42 Å². The maximum absolute atomic E-state index is 11.8. The number of sulfonamides is 1. The number of nitrogens with one attached hydrogen (secondary N) is 1. The minimum atomic E-state index is -3.52. The van der Waals surface area contributed by atoms with E-state index in [2.05, 4.69) is 4.72 Å². The molecule has 0 amide bonds. The highest BCUT2D eigenvalue weighted by Gasteiger charge is 2.17. The number of hydrogen-bond acceptors (Lipinski definition) is 2. The summed E-state index contributed by atoms with van der Waals surface area (Å²) < 4.78 is 26.0. The van der Waals surface area contributed by atoms with E-state index < -0.39 is 10.0 Å². The largest absolute Gasteiger partial charge is 0.282 e. The Morgan fingerprint density at radius 2 is 1.72 bits per heavy atom. The molecule has 0 saturated heterocycles. The van der Waals surface area contributed by atoms with Crippen LogP contribution in [-0.2, 0) is 10.0 Å². The van der Waals surface area contributed by atoms with Gasteiger partial charge in [-0.2, -0.15) is 0 Å². The minimum absolute atomic E-state index is 0.0902. The number of hydrogen-bond donors (Lipinski definition) is 1. The van der Waals surface area contributed by atoms with Gasteiger partial charge in [0.2, 0.25) is 10.0 Å².